The molecule has 1 aromatic heterocycles. The second kappa shape index (κ2) is 7.54. The summed E-state index contributed by atoms with van der Waals surface area (Å²) < 4.78 is 45.1. The highest BCUT2D eigenvalue weighted by Gasteiger charge is 2.18. The van der Waals surface area contributed by atoms with Gasteiger partial charge in [0.25, 0.3) is 15.9 Å². The van der Waals surface area contributed by atoms with Crippen LogP contribution in [0.4, 0.5) is 9.18 Å². The lowest BCUT2D eigenvalue weighted by Gasteiger charge is -2.07. The van der Waals surface area contributed by atoms with Gasteiger partial charge in [0.2, 0.25) is 5.89 Å². The van der Waals surface area contributed by atoms with E-state index < -0.39 is 21.9 Å². The Hall–Kier alpha value is -3.27. The molecule has 27 heavy (non-hydrogen) atoms. The fourth-order valence-corrected chi connectivity index (χ4v) is 3.09. The van der Waals surface area contributed by atoms with Crippen LogP contribution in [0, 0.1) is 12.7 Å². The van der Waals surface area contributed by atoms with Crippen molar-refractivity contribution in [1.82, 2.24) is 20.2 Å². The first-order valence-electron chi connectivity index (χ1n) is 7.80. The molecule has 0 aliphatic heterocycles. The Balaban J connectivity index is 1.61. The molecule has 0 radical (unpaired) electrons. The minimum Gasteiger partial charge on any atom is -0.419 e. The third-order valence-electron chi connectivity index (χ3n) is 3.53. The number of urea groups is 1. The number of sulfonamides is 1. The normalized spacial score (nSPS) is 11.2. The number of carbonyl (C=O) groups is 1. The number of benzene rings is 2. The van der Waals surface area contributed by atoms with Crippen LogP contribution in [-0.4, -0.2) is 24.6 Å². The molecule has 0 saturated heterocycles. The van der Waals surface area contributed by atoms with Crippen molar-refractivity contribution in [1.29, 1.82) is 0 Å². The summed E-state index contributed by atoms with van der Waals surface area (Å²) in [5, 5.41) is 9.70. The van der Waals surface area contributed by atoms with Crippen LogP contribution in [0.2, 0.25) is 0 Å². The van der Waals surface area contributed by atoms with Gasteiger partial charge in [-0.05, 0) is 31.2 Å². The smallest absolute Gasteiger partial charge is 0.329 e. The molecule has 140 valence electrons. The molecule has 10 heteroatoms. The van der Waals surface area contributed by atoms with E-state index in [1.807, 2.05) is 11.6 Å². The number of aryl methyl sites for hydroxylation is 1. The molecule has 0 atom stereocenters. The molecule has 2 aromatic carbocycles. The van der Waals surface area contributed by atoms with Crippen molar-refractivity contribution in [2.24, 2.45) is 0 Å². The molecule has 0 aliphatic carbocycles. The van der Waals surface area contributed by atoms with E-state index in [2.05, 4.69) is 15.5 Å². The molecule has 2 N–H and O–H groups in total. The first kappa shape index (κ1) is 18.5. The van der Waals surface area contributed by atoms with Crippen LogP contribution in [0.25, 0.3) is 11.5 Å². The van der Waals surface area contributed by atoms with E-state index >= 15 is 0 Å². The van der Waals surface area contributed by atoms with Crippen LogP contribution in [0.3, 0.4) is 0 Å². The van der Waals surface area contributed by atoms with E-state index in [9.17, 15) is 17.6 Å². The number of nitrogens with zero attached hydrogens (tertiary/aromatic N) is 2. The van der Waals surface area contributed by atoms with Crippen LogP contribution in [0.15, 0.2) is 57.8 Å². The van der Waals surface area contributed by atoms with Crippen molar-refractivity contribution >= 4 is 16.1 Å². The van der Waals surface area contributed by atoms with Gasteiger partial charge < -0.3 is 9.73 Å². The number of rotatable bonds is 5. The van der Waals surface area contributed by atoms with Crippen molar-refractivity contribution in [2.75, 3.05) is 0 Å². The Morgan fingerprint density at radius 2 is 1.81 bits per heavy atom. The summed E-state index contributed by atoms with van der Waals surface area (Å²) in [6.45, 7) is 1.59. The summed E-state index contributed by atoms with van der Waals surface area (Å²) in [6, 6.07) is 10.9. The van der Waals surface area contributed by atoms with Gasteiger partial charge in [-0.25, -0.2) is 22.3 Å². The average molecular weight is 390 g/mol. The molecule has 0 bridgehead atoms. The summed E-state index contributed by atoms with van der Waals surface area (Å²) in [4.78, 5) is 11.8. The molecule has 3 aromatic rings. The van der Waals surface area contributed by atoms with Crippen LogP contribution in [0.5, 0.6) is 0 Å². The number of aromatic nitrogens is 2. The molecule has 0 spiro atoms. The molecular formula is C17H15FN4O4S. The Labute approximate surface area is 154 Å². The maximum atomic E-state index is 13.7. The summed E-state index contributed by atoms with van der Waals surface area (Å²) in [6.07, 6.45) is 0. The number of amides is 2. The van der Waals surface area contributed by atoms with Gasteiger partial charge in [-0.1, -0.05) is 29.8 Å². The van der Waals surface area contributed by atoms with E-state index in [1.54, 1.807) is 18.2 Å². The number of hydrogen-bond donors (Lipinski definition) is 2. The maximum Gasteiger partial charge on any atom is 0.329 e. The van der Waals surface area contributed by atoms with Crippen LogP contribution in [0.1, 0.15) is 11.5 Å². The lowest BCUT2D eigenvalue weighted by molar-refractivity contribution is 0.244. The number of nitrogens with one attached hydrogen (secondary N) is 2. The van der Waals surface area contributed by atoms with Crippen molar-refractivity contribution in [3.05, 3.63) is 65.8 Å². The largest absolute Gasteiger partial charge is 0.419 e. The zero-order valence-electron chi connectivity index (χ0n) is 14.1. The maximum absolute atomic E-state index is 13.7. The molecule has 2 amide bonds. The number of hydrogen-bond acceptors (Lipinski definition) is 6. The highest BCUT2D eigenvalue weighted by molar-refractivity contribution is 7.90. The minimum absolute atomic E-state index is 0.00358. The molecule has 0 aliphatic rings. The van der Waals surface area contributed by atoms with Gasteiger partial charge in [0.15, 0.2) is 0 Å². The van der Waals surface area contributed by atoms with Gasteiger partial charge >= 0.3 is 6.03 Å². The predicted molar refractivity (Wildman–Crippen MR) is 93.4 cm³/mol. The average Bonchev–Trinajstić information content (AvgIpc) is 3.09. The second-order valence-electron chi connectivity index (χ2n) is 5.58. The quantitative estimate of drug-likeness (QED) is 0.691. The SMILES string of the molecule is Cc1ccc(S(=O)(=O)NC(=O)NCc2nnc(-c3ccccc3F)o2)cc1. The Bertz CT molecular complexity index is 1060. The Morgan fingerprint density at radius 1 is 1.11 bits per heavy atom. The third-order valence-corrected chi connectivity index (χ3v) is 4.88. The van der Waals surface area contributed by atoms with Crippen LogP contribution < -0.4 is 10.0 Å². The number of carbonyl (C=O) groups excluding carboxylic acids is 1. The third kappa shape index (κ3) is 4.47. The highest BCUT2D eigenvalue weighted by atomic mass is 32.2. The first-order chi connectivity index (χ1) is 12.8. The standard InChI is InChI=1S/C17H15FN4O4S/c1-11-6-8-12(9-7-11)27(24,25)22-17(23)19-10-15-20-21-16(26-15)13-4-2-3-5-14(13)18/h2-9H,10H2,1H3,(H2,19,22,23). The highest BCUT2D eigenvalue weighted by Crippen LogP contribution is 2.20. The van der Waals surface area contributed by atoms with Gasteiger partial charge in [0, 0.05) is 0 Å². The zero-order chi connectivity index (χ0) is 19.4. The molecule has 0 unspecified atom stereocenters. The molecule has 0 saturated carbocycles. The van der Waals surface area contributed by atoms with Crippen LogP contribution in [-0.2, 0) is 16.6 Å². The zero-order valence-corrected chi connectivity index (χ0v) is 15.0. The molecule has 8 nitrogen and oxygen atoms in total. The Kier molecular flexibility index (Phi) is 5.17. The molecule has 3 rings (SSSR count). The van der Waals surface area contributed by atoms with Gasteiger partial charge in [0.05, 0.1) is 17.0 Å². The van der Waals surface area contributed by atoms with Crippen LogP contribution >= 0.6 is 0 Å². The second-order valence-corrected chi connectivity index (χ2v) is 7.26. The lowest BCUT2D eigenvalue weighted by Crippen LogP contribution is -2.39. The van der Waals surface area contributed by atoms with Gasteiger partial charge in [-0.2, -0.15) is 0 Å². The summed E-state index contributed by atoms with van der Waals surface area (Å²) in [5.41, 5.74) is 1.02. The van der Waals surface area contributed by atoms with Crippen molar-refractivity contribution in [2.45, 2.75) is 18.4 Å². The summed E-state index contributed by atoms with van der Waals surface area (Å²) in [7, 11) is -4.00. The van der Waals surface area contributed by atoms with E-state index in [0.717, 1.165) is 5.56 Å². The fraction of sp³-hybridized carbons (Fsp3) is 0.118. The topological polar surface area (TPSA) is 114 Å². The van der Waals surface area contributed by atoms with E-state index in [0.29, 0.717) is 0 Å². The molecule has 0 fully saturated rings. The van der Waals surface area contributed by atoms with Crippen molar-refractivity contribution in [3.63, 3.8) is 0 Å². The summed E-state index contributed by atoms with van der Waals surface area (Å²) >= 11 is 0. The fourth-order valence-electron chi connectivity index (χ4n) is 2.16. The van der Waals surface area contributed by atoms with E-state index in [1.165, 1.54) is 30.3 Å². The monoisotopic (exact) mass is 390 g/mol. The predicted octanol–water partition coefficient (Wildman–Crippen LogP) is 2.37. The van der Waals surface area contributed by atoms with E-state index in [-0.39, 0.29) is 28.8 Å². The number of halogens is 1. The van der Waals surface area contributed by atoms with Crippen molar-refractivity contribution < 1.29 is 22.0 Å². The minimum atomic E-state index is -4.00. The molecular weight excluding hydrogens is 375 g/mol. The first-order valence-corrected chi connectivity index (χ1v) is 9.28. The van der Waals surface area contributed by atoms with Gasteiger partial charge in [-0.3, -0.25) is 0 Å². The Morgan fingerprint density at radius 3 is 2.52 bits per heavy atom. The van der Waals surface area contributed by atoms with E-state index in [4.69, 9.17) is 4.42 Å². The van der Waals surface area contributed by atoms with Gasteiger partial charge in [0.1, 0.15) is 5.82 Å². The molecule has 1 heterocycles. The van der Waals surface area contributed by atoms with Crippen molar-refractivity contribution in [3.8, 4) is 11.5 Å². The summed E-state index contributed by atoms with van der Waals surface area (Å²) in [5.74, 6) is -0.573. The van der Waals surface area contributed by atoms with Gasteiger partial charge in [-0.15, -0.1) is 10.2 Å². The lowest BCUT2D eigenvalue weighted by atomic mass is 10.2.